The third-order valence-corrected chi connectivity index (χ3v) is 3.60. The highest BCUT2D eigenvalue weighted by molar-refractivity contribution is 9.10. The zero-order valence-corrected chi connectivity index (χ0v) is 12.8. The molecule has 0 fully saturated rings. The Morgan fingerprint density at radius 2 is 1.90 bits per heavy atom. The van der Waals surface area contributed by atoms with Crippen LogP contribution in [0.3, 0.4) is 0 Å². The number of hydrogen-bond acceptors (Lipinski definition) is 2. The molecule has 0 aliphatic heterocycles. The molecule has 2 rings (SSSR count). The van der Waals surface area contributed by atoms with Crippen molar-refractivity contribution < 1.29 is 14.3 Å². The number of carboxylic acids is 1. The van der Waals surface area contributed by atoms with Crippen LogP contribution >= 0.6 is 15.9 Å². The molecule has 0 spiro atoms. The maximum absolute atomic E-state index is 13.0. The number of aliphatic carboxylic acids is 1. The van der Waals surface area contributed by atoms with E-state index in [1.54, 1.807) is 12.1 Å². The first-order chi connectivity index (χ1) is 9.97. The van der Waals surface area contributed by atoms with Gasteiger partial charge in [-0.15, -0.1) is 0 Å². The summed E-state index contributed by atoms with van der Waals surface area (Å²) in [6.45, 7) is 0. The quantitative estimate of drug-likeness (QED) is 0.828. The average Bonchev–Trinajstić information content (AvgIpc) is 2.45. The summed E-state index contributed by atoms with van der Waals surface area (Å²) in [4.78, 5) is 12.4. The first-order valence-electron chi connectivity index (χ1n) is 6.17. The fraction of sp³-hybridized carbons (Fsp3) is 0.0625. The molecule has 0 bridgehead atoms. The molecule has 3 nitrogen and oxygen atoms in total. The second-order valence-corrected chi connectivity index (χ2v) is 5.27. The van der Waals surface area contributed by atoms with E-state index in [4.69, 9.17) is 5.11 Å². The Bertz CT molecular complexity index is 683. The fourth-order valence-corrected chi connectivity index (χ4v) is 2.53. The third kappa shape index (κ3) is 3.92. The number of carboxylic acid groups (broad SMARTS) is 1. The van der Waals surface area contributed by atoms with Gasteiger partial charge < -0.3 is 10.0 Å². The molecular formula is C16H13BrFNO2. The maximum Gasteiger partial charge on any atom is 0.328 e. The van der Waals surface area contributed by atoms with Gasteiger partial charge in [-0.25, -0.2) is 9.18 Å². The summed E-state index contributed by atoms with van der Waals surface area (Å²) in [5, 5.41) is 8.62. The molecule has 1 N–H and O–H groups in total. The lowest BCUT2D eigenvalue weighted by Crippen LogP contribution is -2.10. The number of benzene rings is 2. The minimum atomic E-state index is -0.987. The Morgan fingerprint density at radius 1 is 1.24 bits per heavy atom. The van der Waals surface area contributed by atoms with Crippen LogP contribution in [0.2, 0.25) is 0 Å². The van der Waals surface area contributed by atoms with E-state index in [2.05, 4.69) is 15.9 Å². The lowest BCUT2D eigenvalue weighted by Gasteiger charge is -2.21. The van der Waals surface area contributed by atoms with Gasteiger partial charge >= 0.3 is 5.97 Å². The molecule has 0 aromatic heterocycles. The molecule has 0 aliphatic carbocycles. The first kappa shape index (κ1) is 15.3. The van der Waals surface area contributed by atoms with Crippen LogP contribution in [-0.4, -0.2) is 18.1 Å². The van der Waals surface area contributed by atoms with Crippen molar-refractivity contribution in [1.82, 2.24) is 0 Å². The van der Waals surface area contributed by atoms with Crippen molar-refractivity contribution in [1.29, 1.82) is 0 Å². The lowest BCUT2D eigenvalue weighted by atomic mass is 10.1. The second kappa shape index (κ2) is 6.54. The first-order valence-corrected chi connectivity index (χ1v) is 6.96. The van der Waals surface area contributed by atoms with Gasteiger partial charge in [-0.1, -0.05) is 6.07 Å². The van der Waals surface area contributed by atoms with Crippen LogP contribution in [0.15, 0.2) is 53.0 Å². The molecule has 2 aromatic rings. The van der Waals surface area contributed by atoms with E-state index in [9.17, 15) is 9.18 Å². The van der Waals surface area contributed by atoms with E-state index >= 15 is 0 Å². The van der Waals surface area contributed by atoms with Crippen molar-refractivity contribution >= 4 is 39.4 Å². The molecule has 0 radical (unpaired) electrons. The highest BCUT2D eigenvalue weighted by atomic mass is 79.9. The van der Waals surface area contributed by atoms with Crippen molar-refractivity contribution in [3.63, 3.8) is 0 Å². The molecule has 0 heterocycles. The minimum absolute atomic E-state index is 0.277. The third-order valence-electron chi connectivity index (χ3n) is 2.97. The number of rotatable bonds is 4. The number of carbonyl (C=O) groups is 1. The predicted molar refractivity (Wildman–Crippen MR) is 85.3 cm³/mol. The molecule has 0 saturated carbocycles. The SMILES string of the molecule is CN(c1ccc(F)cc1)c1ccc(/C=C/C(=O)O)cc1Br. The Hall–Kier alpha value is -2.14. The van der Waals surface area contributed by atoms with E-state index in [0.717, 1.165) is 27.5 Å². The van der Waals surface area contributed by atoms with E-state index in [0.29, 0.717) is 0 Å². The largest absolute Gasteiger partial charge is 0.478 e. The molecule has 2 aromatic carbocycles. The van der Waals surface area contributed by atoms with Gasteiger partial charge in [0.05, 0.1) is 5.69 Å². The zero-order chi connectivity index (χ0) is 15.4. The lowest BCUT2D eigenvalue weighted by molar-refractivity contribution is -0.131. The monoisotopic (exact) mass is 349 g/mol. The number of halogens is 2. The van der Waals surface area contributed by atoms with Gasteiger partial charge in [0.15, 0.2) is 0 Å². The van der Waals surface area contributed by atoms with Crippen molar-refractivity contribution in [3.8, 4) is 0 Å². The van der Waals surface area contributed by atoms with Crippen molar-refractivity contribution in [2.75, 3.05) is 11.9 Å². The summed E-state index contributed by atoms with van der Waals surface area (Å²) >= 11 is 3.47. The van der Waals surface area contributed by atoms with E-state index < -0.39 is 5.97 Å². The molecule has 0 unspecified atom stereocenters. The molecular weight excluding hydrogens is 337 g/mol. The normalized spacial score (nSPS) is 10.8. The van der Waals surface area contributed by atoms with Crippen molar-refractivity contribution in [2.24, 2.45) is 0 Å². The van der Waals surface area contributed by atoms with Gasteiger partial charge in [-0.2, -0.15) is 0 Å². The van der Waals surface area contributed by atoms with Crippen LogP contribution < -0.4 is 4.90 Å². The number of hydrogen-bond donors (Lipinski definition) is 1. The van der Waals surface area contributed by atoms with Crippen molar-refractivity contribution in [2.45, 2.75) is 0 Å². The van der Waals surface area contributed by atoms with Gasteiger partial charge in [0, 0.05) is 23.3 Å². The van der Waals surface area contributed by atoms with Gasteiger partial charge in [0.2, 0.25) is 0 Å². The standard InChI is InChI=1S/C16H13BrFNO2/c1-19(13-6-4-12(18)5-7-13)15-8-2-11(10-14(15)17)3-9-16(20)21/h2-10H,1H3,(H,20,21)/b9-3+. The Labute approximate surface area is 130 Å². The van der Waals surface area contributed by atoms with Crippen LogP contribution in [0.5, 0.6) is 0 Å². The van der Waals surface area contributed by atoms with Gasteiger partial charge in [-0.3, -0.25) is 0 Å². The Kier molecular flexibility index (Phi) is 4.75. The molecule has 0 atom stereocenters. The van der Waals surface area contributed by atoms with Gasteiger partial charge in [0.1, 0.15) is 5.82 Å². The average molecular weight is 350 g/mol. The Balaban J connectivity index is 2.28. The highest BCUT2D eigenvalue weighted by Crippen LogP contribution is 2.31. The molecule has 108 valence electrons. The molecule has 0 saturated heterocycles. The molecule has 21 heavy (non-hydrogen) atoms. The summed E-state index contributed by atoms with van der Waals surface area (Å²) in [5.74, 6) is -1.26. The number of anilines is 2. The molecule has 0 amide bonds. The zero-order valence-electron chi connectivity index (χ0n) is 11.3. The van der Waals surface area contributed by atoms with E-state index in [1.807, 2.05) is 30.1 Å². The topological polar surface area (TPSA) is 40.5 Å². The summed E-state index contributed by atoms with van der Waals surface area (Å²) in [7, 11) is 1.88. The van der Waals surface area contributed by atoms with Crippen LogP contribution in [-0.2, 0) is 4.79 Å². The smallest absolute Gasteiger partial charge is 0.328 e. The van der Waals surface area contributed by atoms with Gasteiger partial charge in [-0.05, 0) is 64.0 Å². The highest BCUT2D eigenvalue weighted by Gasteiger charge is 2.08. The second-order valence-electron chi connectivity index (χ2n) is 4.42. The predicted octanol–water partition coefficient (Wildman–Crippen LogP) is 4.45. The summed E-state index contributed by atoms with van der Waals surface area (Å²) in [6, 6.07) is 11.7. The van der Waals surface area contributed by atoms with Crippen LogP contribution in [0.1, 0.15) is 5.56 Å². The maximum atomic E-state index is 13.0. The van der Waals surface area contributed by atoms with Crippen LogP contribution in [0.25, 0.3) is 6.08 Å². The van der Waals surface area contributed by atoms with Crippen LogP contribution in [0, 0.1) is 5.82 Å². The summed E-state index contributed by atoms with van der Waals surface area (Å²) in [6.07, 6.45) is 2.61. The summed E-state index contributed by atoms with van der Waals surface area (Å²) in [5.41, 5.74) is 2.53. The van der Waals surface area contributed by atoms with E-state index in [1.165, 1.54) is 18.2 Å². The fourth-order valence-electron chi connectivity index (χ4n) is 1.87. The van der Waals surface area contributed by atoms with Crippen LogP contribution in [0.4, 0.5) is 15.8 Å². The van der Waals surface area contributed by atoms with Crippen molar-refractivity contribution in [3.05, 3.63) is 64.4 Å². The minimum Gasteiger partial charge on any atom is -0.478 e. The molecule has 5 heteroatoms. The van der Waals surface area contributed by atoms with E-state index in [-0.39, 0.29) is 5.82 Å². The van der Waals surface area contributed by atoms with Gasteiger partial charge in [0.25, 0.3) is 0 Å². The summed E-state index contributed by atoms with van der Waals surface area (Å²) < 4.78 is 13.8. The Morgan fingerprint density at radius 3 is 2.48 bits per heavy atom. The number of nitrogens with zero attached hydrogens (tertiary/aromatic N) is 1. The molecule has 0 aliphatic rings.